The molecular weight excluding hydrogens is 446 g/mol. The predicted molar refractivity (Wildman–Crippen MR) is 135 cm³/mol. The summed E-state index contributed by atoms with van der Waals surface area (Å²) >= 11 is 1.36. The van der Waals surface area contributed by atoms with Gasteiger partial charge in [-0.15, -0.1) is 10.2 Å². The lowest BCUT2D eigenvalue weighted by molar-refractivity contribution is -0.113. The van der Waals surface area contributed by atoms with E-state index in [-0.39, 0.29) is 23.6 Å². The number of benzene rings is 2. The molecule has 1 aliphatic rings. The molecule has 1 fully saturated rings. The summed E-state index contributed by atoms with van der Waals surface area (Å²) in [5, 5.41) is 12.5. The highest BCUT2D eigenvalue weighted by Crippen LogP contribution is 2.33. The Morgan fingerprint density at radius 3 is 2.71 bits per heavy atom. The zero-order valence-electron chi connectivity index (χ0n) is 20.2. The summed E-state index contributed by atoms with van der Waals surface area (Å²) in [5.41, 5.74) is 4.83. The Morgan fingerprint density at radius 2 is 1.94 bits per heavy atom. The molecule has 2 heterocycles. The van der Waals surface area contributed by atoms with Gasteiger partial charge in [0.2, 0.25) is 5.91 Å². The van der Waals surface area contributed by atoms with Crippen LogP contribution in [0.1, 0.15) is 58.7 Å². The molecule has 4 rings (SSSR count). The SMILES string of the molecule is CCc1cccc(C)c1NC(=O)CSc1nnc(C2CCCN2C(=O)c2cccc(C)c2)n1C. The second-order valence-electron chi connectivity index (χ2n) is 8.73. The maximum absolute atomic E-state index is 13.2. The molecule has 1 unspecified atom stereocenters. The third kappa shape index (κ3) is 5.01. The average Bonchev–Trinajstić information content (AvgIpc) is 3.45. The van der Waals surface area contributed by atoms with E-state index in [1.165, 1.54) is 11.8 Å². The number of aromatic nitrogens is 3. The molecular formula is C26H31N5O2S. The molecule has 0 aliphatic carbocycles. The molecule has 7 nitrogen and oxygen atoms in total. The minimum Gasteiger partial charge on any atom is -0.328 e. The zero-order chi connectivity index (χ0) is 24.2. The van der Waals surface area contributed by atoms with Gasteiger partial charge in [-0.05, 0) is 56.4 Å². The van der Waals surface area contributed by atoms with Gasteiger partial charge in [-0.2, -0.15) is 0 Å². The van der Waals surface area contributed by atoms with E-state index in [1.54, 1.807) is 0 Å². The summed E-state index contributed by atoms with van der Waals surface area (Å²) in [6, 6.07) is 13.6. The largest absolute Gasteiger partial charge is 0.328 e. The second-order valence-corrected chi connectivity index (χ2v) is 9.67. The number of carbonyl (C=O) groups is 2. The van der Waals surface area contributed by atoms with Crippen molar-refractivity contribution in [3.63, 3.8) is 0 Å². The van der Waals surface area contributed by atoms with Gasteiger partial charge in [-0.3, -0.25) is 9.59 Å². The smallest absolute Gasteiger partial charge is 0.254 e. The summed E-state index contributed by atoms with van der Waals surface area (Å²) in [5.74, 6) is 0.942. The van der Waals surface area contributed by atoms with E-state index in [9.17, 15) is 9.59 Å². The van der Waals surface area contributed by atoms with Crippen molar-refractivity contribution in [1.29, 1.82) is 0 Å². The average molecular weight is 478 g/mol. The van der Waals surface area contributed by atoms with Crippen molar-refractivity contribution >= 4 is 29.3 Å². The Hall–Kier alpha value is -3.13. The van der Waals surface area contributed by atoms with Crippen molar-refractivity contribution in [1.82, 2.24) is 19.7 Å². The maximum atomic E-state index is 13.2. The Labute approximate surface area is 205 Å². The molecule has 8 heteroatoms. The summed E-state index contributed by atoms with van der Waals surface area (Å²) in [6.45, 7) is 6.77. The molecule has 0 bridgehead atoms. The van der Waals surface area contributed by atoms with Gasteiger partial charge in [-0.25, -0.2) is 0 Å². The van der Waals surface area contributed by atoms with E-state index in [0.29, 0.717) is 17.3 Å². The standard InChI is InChI=1S/C26H31N5O2S/c1-5-19-11-7-10-18(3)23(19)27-22(32)16-34-26-29-28-24(30(26)4)21-13-8-14-31(21)25(33)20-12-6-9-17(2)15-20/h6-7,9-12,15,21H,5,8,13-14,16H2,1-4H3,(H,27,32). The Balaban J connectivity index is 1.43. The number of amides is 2. The number of nitrogens with zero attached hydrogens (tertiary/aromatic N) is 4. The molecule has 34 heavy (non-hydrogen) atoms. The van der Waals surface area contributed by atoms with E-state index < -0.39 is 0 Å². The lowest BCUT2D eigenvalue weighted by Crippen LogP contribution is -2.32. The van der Waals surface area contributed by atoms with Gasteiger partial charge in [-0.1, -0.05) is 54.6 Å². The van der Waals surface area contributed by atoms with E-state index >= 15 is 0 Å². The van der Waals surface area contributed by atoms with Gasteiger partial charge in [0.1, 0.15) is 0 Å². The molecule has 2 amide bonds. The molecule has 1 atom stereocenters. The number of thioether (sulfide) groups is 1. The normalized spacial score (nSPS) is 15.5. The number of hydrogen-bond acceptors (Lipinski definition) is 5. The van der Waals surface area contributed by atoms with Crippen LogP contribution >= 0.6 is 11.8 Å². The molecule has 3 aromatic rings. The van der Waals surface area contributed by atoms with E-state index in [2.05, 4.69) is 22.4 Å². The fourth-order valence-corrected chi connectivity index (χ4v) is 5.19. The van der Waals surface area contributed by atoms with Crippen LogP contribution in [-0.2, 0) is 18.3 Å². The monoisotopic (exact) mass is 477 g/mol. The molecule has 1 aliphatic heterocycles. The first-order chi connectivity index (χ1) is 16.4. The number of carbonyl (C=O) groups excluding carboxylic acids is 2. The van der Waals surface area contributed by atoms with E-state index in [0.717, 1.165) is 47.5 Å². The van der Waals surface area contributed by atoms with Gasteiger partial charge in [0.25, 0.3) is 5.91 Å². The third-order valence-electron chi connectivity index (χ3n) is 6.28. The van der Waals surface area contributed by atoms with Gasteiger partial charge in [0, 0.05) is 24.8 Å². The first-order valence-electron chi connectivity index (χ1n) is 11.7. The van der Waals surface area contributed by atoms with Crippen LogP contribution in [0.2, 0.25) is 0 Å². The summed E-state index contributed by atoms with van der Waals surface area (Å²) in [7, 11) is 1.90. The van der Waals surface area contributed by atoms with Crippen LogP contribution in [0, 0.1) is 13.8 Å². The minimum atomic E-state index is -0.118. The summed E-state index contributed by atoms with van der Waals surface area (Å²) in [6.07, 6.45) is 2.63. The third-order valence-corrected chi connectivity index (χ3v) is 7.30. The number of hydrogen-bond donors (Lipinski definition) is 1. The van der Waals surface area contributed by atoms with E-state index in [4.69, 9.17) is 0 Å². The first kappa shape index (κ1) is 24.0. The fraction of sp³-hybridized carbons (Fsp3) is 0.385. The zero-order valence-corrected chi connectivity index (χ0v) is 21.0. The van der Waals surface area contributed by atoms with Crippen LogP contribution in [0.15, 0.2) is 47.6 Å². The van der Waals surface area contributed by atoms with Crippen LogP contribution in [0.25, 0.3) is 0 Å². The lowest BCUT2D eigenvalue weighted by atomic mass is 10.1. The Morgan fingerprint density at radius 1 is 1.15 bits per heavy atom. The number of anilines is 1. The molecule has 0 radical (unpaired) electrons. The molecule has 0 spiro atoms. The number of likely N-dealkylation sites (tertiary alicyclic amines) is 1. The Bertz CT molecular complexity index is 1210. The van der Waals surface area contributed by atoms with Gasteiger partial charge in [0.15, 0.2) is 11.0 Å². The van der Waals surface area contributed by atoms with Crippen LogP contribution in [-0.4, -0.2) is 43.8 Å². The van der Waals surface area contributed by atoms with Crippen LogP contribution in [0.5, 0.6) is 0 Å². The highest BCUT2D eigenvalue weighted by atomic mass is 32.2. The second kappa shape index (κ2) is 10.4. The van der Waals surface area contributed by atoms with Crippen molar-refractivity contribution in [2.75, 3.05) is 17.6 Å². The number of para-hydroxylation sites is 1. The molecule has 1 saturated heterocycles. The van der Waals surface area contributed by atoms with Crippen LogP contribution < -0.4 is 5.32 Å². The summed E-state index contributed by atoms with van der Waals surface area (Å²) in [4.78, 5) is 27.7. The number of nitrogens with one attached hydrogen (secondary N) is 1. The number of aryl methyl sites for hydroxylation is 3. The van der Waals surface area contributed by atoms with Crippen molar-refractivity contribution in [2.24, 2.45) is 7.05 Å². The maximum Gasteiger partial charge on any atom is 0.254 e. The highest BCUT2D eigenvalue weighted by Gasteiger charge is 2.34. The van der Waals surface area contributed by atoms with Crippen LogP contribution in [0.4, 0.5) is 5.69 Å². The van der Waals surface area contributed by atoms with E-state index in [1.807, 2.05) is 72.8 Å². The minimum absolute atomic E-state index is 0.0211. The van der Waals surface area contributed by atoms with Crippen LogP contribution in [0.3, 0.4) is 0 Å². The predicted octanol–water partition coefficient (Wildman–Crippen LogP) is 4.70. The topological polar surface area (TPSA) is 80.1 Å². The quantitative estimate of drug-likeness (QED) is 0.499. The summed E-state index contributed by atoms with van der Waals surface area (Å²) < 4.78 is 1.91. The molecule has 0 saturated carbocycles. The van der Waals surface area contributed by atoms with Crippen molar-refractivity contribution < 1.29 is 9.59 Å². The first-order valence-corrected chi connectivity index (χ1v) is 12.7. The number of rotatable bonds is 7. The van der Waals surface area contributed by atoms with Gasteiger partial charge in [0.05, 0.1) is 11.8 Å². The molecule has 1 aromatic heterocycles. The van der Waals surface area contributed by atoms with Crippen molar-refractivity contribution in [3.8, 4) is 0 Å². The van der Waals surface area contributed by atoms with Gasteiger partial charge < -0.3 is 14.8 Å². The molecule has 2 aromatic carbocycles. The molecule has 1 N–H and O–H groups in total. The lowest BCUT2D eigenvalue weighted by Gasteiger charge is -2.24. The van der Waals surface area contributed by atoms with Crippen molar-refractivity contribution in [3.05, 3.63) is 70.5 Å². The van der Waals surface area contributed by atoms with Gasteiger partial charge >= 0.3 is 0 Å². The fourth-order valence-electron chi connectivity index (χ4n) is 4.47. The Kier molecular flexibility index (Phi) is 7.36. The van der Waals surface area contributed by atoms with Crippen molar-refractivity contribution in [2.45, 2.75) is 51.2 Å². The highest BCUT2D eigenvalue weighted by molar-refractivity contribution is 7.99. The molecule has 178 valence electrons.